The maximum Gasteiger partial charge on any atom is 0.101 e. The molecule has 0 bridgehead atoms. The molecule has 0 fully saturated rings. The van der Waals surface area contributed by atoms with E-state index in [1.165, 1.54) is 0 Å². The van der Waals surface area contributed by atoms with E-state index in [0.29, 0.717) is 5.56 Å². The maximum absolute atomic E-state index is 8.92. The highest BCUT2D eigenvalue weighted by Crippen LogP contribution is 2.20. The van der Waals surface area contributed by atoms with E-state index in [1.54, 1.807) is 0 Å². The van der Waals surface area contributed by atoms with Crippen molar-refractivity contribution in [3.05, 3.63) is 32.4 Å². The van der Waals surface area contributed by atoms with Gasteiger partial charge in [0.2, 0.25) is 0 Å². The number of rotatable bonds is 1. The summed E-state index contributed by atoms with van der Waals surface area (Å²) in [6.07, 6.45) is 0. The van der Waals surface area contributed by atoms with Gasteiger partial charge < -0.3 is 5.11 Å². The van der Waals surface area contributed by atoms with Crippen LogP contribution in [0.5, 0.6) is 0 Å². The lowest BCUT2D eigenvalue weighted by Crippen LogP contribution is -1.94. The fourth-order valence-electron chi connectivity index (χ4n) is 0.975. The van der Waals surface area contributed by atoms with Gasteiger partial charge in [0.1, 0.15) is 6.07 Å². The van der Waals surface area contributed by atoms with E-state index < -0.39 is 0 Å². The van der Waals surface area contributed by atoms with E-state index >= 15 is 0 Å². The van der Waals surface area contributed by atoms with Crippen LogP contribution >= 0.6 is 22.6 Å². The summed E-state index contributed by atoms with van der Waals surface area (Å²) in [5, 5.41) is 17.7. The number of benzene rings is 1. The highest BCUT2D eigenvalue weighted by molar-refractivity contribution is 14.1. The summed E-state index contributed by atoms with van der Waals surface area (Å²) in [5.74, 6) is 0. The second-order valence-electron chi connectivity index (χ2n) is 2.50. The van der Waals surface area contributed by atoms with Crippen LogP contribution in [0.1, 0.15) is 16.7 Å². The molecule has 0 aliphatic carbocycles. The standard InChI is InChI=1S/C9H8INO/c1-6-2-3-7(5-12)9(10)8(6)4-11/h2-3,12H,5H2,1H3. The summed E-state index contributed by atoms with van der Waals surface area (Å²) < 4.78 is 0.859. The molecule has 0 radical (unpaired) electrons. The number of aliphatic hydroxyl groups excluding tert-OH is 1. The molecule has 0 heterocycles. The average Bonchev–Trinajstić information content (AvgIpc) is 2.06. The van der Waals surface area contributed by atoms with Gasteiger partial charge in [-0.25, -0.2) is 0 Å². The maximum atomic E-state index is 8.92. The lowest BCUT2D eigenvalue weighted by Gasteiger charge is -2.04. The fraction of sp³-hybridized carbons (Fsp3) is 0.222. The van der Waals surface area contributed by atoms with Crippen molar-refractivity contribution >= 4 is 22.6 Å². The Balaban J connectivity index is 3.36. The van der Waals surface area contributed by atoms with Crippen molar-refractivity contribution in [2.24, 2.45) is 0 Å². The Bertz CT molecular complexity index is 341. The van der Waals surface area contributed by atoms with Crippen LogP contribution < -0.4 is 0 Å². The second kappa shape index (κ2) is 3.87. The summed E-state index contributed by atoms with van der Waals surface area (Å²) >= 11 is 2.08. The van der Waals surface area contributed by atoms with E-state index in [4.69, 9.17) is 10.4 Å². The number of aliphatic hydroxyl groups is 1. The monoisotopic (exact) mass is 273 g/mol. The molecular formula is C9H8INO. The number of nitrogens with zero attached hydrogens (tertiary/aromatic N) is 1. The van der Waals surface area contributed by atoms with E-state index in [9.17, 15) is 0 Å². The molecule has 1 aromatic rings. The predicted octanol–water partition coefficient (Wildman–Crippen LogP) is 1.96. The lowest BCUT2D eigenvalue weighted by atomic mass is 10.1. The molecule has 1 N–H and O–H groups in total. The van der Waals surface area contributed by atoms with Gasteiger partial charge >= 0.3 is 0 Å². The SMILES string of the molecule is Cc1ccc(CO)c(I)c1C#N. The van der Waals surface area contributed by atoms with Crippen LogP contribution in [0, 0.1) is 21.8 Å². The Morgan fingerprint density at radius 1 is 1.58 bits per heavy atom. The Labute approximate surface area is 85.0 Å². The van der Waals surface area contributed by atoms with E-state index in [2.05, 4.69) is 28.7 Å². The van der Waals surface area contributed by atoms with Crippen LogP contribution in [0.3, 0.4) is 0 Å². The van der Waals surface area contributed by atoms with Crippen LogP contribution in [0.2, 0.25) is 0 Å². The third-order valence-electron chi connectivity index (χ3n) is 1.71. The van der Waals surface area contributed by atoms with Crippen molar-refractivity contribution in [2.75, 3.05) is 0 Å². The number of hydrogen-bond donors (Lipinski definition) is 1. The number of hydrogen-bond acceptors (Lipinski definition) is 2. The molecule has 0 aromatic heterocycles. The van der Waals surface area contributed by atoms with Crippen LogP contribution in [-0.2, 0) is 6.61 Å². The van der Waals surface area contributed by atoms with Crippen molar-refractivity contribution in [2.45, 2.75) is 13.5 Å². The third-order valence-corrected chi connectivity index (χ3v) is 2.94. The highest BCUT2D eigenvalue weighted by atomic mass is 127. The largest absolute Gasteiger partial charge is 0.392 e. The molecule has 0 amide bonds. The van der Waals surface area contributed by atoms with Gasteiger partial charge in [-0.3, -0.25) is 0 Å². The van der Waals surface area contributed by atoms with Crippen LogP contribution in [0.15, 0.2) is 12.1 Å². The van der Waals surface area contributed by atoms with E-state index in [1.807, 2.05) is 19.1 Å². The Morgan fingerprint density at radius 2 is 2.25 bits per heavy atom. The zero-order valence-corrected chi connectivity index (χ0v) is 8.79. The Kier molecular flexibility index (Phi) is 3.06. The van der Waals surface area contributed by atoms with Gasteiger partial charge in [0.25, 0.3) is 0 Å². The minimum Gasteiger partial charge on any atom is -0.392 e. The zero-order valence-electron chi connectivity index (χ0n) is 6.63. The summed E-state index contributed by atoms with van der Waals surface area (Å²) in [5.41, 5.74) is 2.44. The Morgan fingerprint density at radius 3 is 2.75 bits per heavy atom. The first kappa shape index (κ1) is 9.49. The third kappa shape index (κ3) is 1.59. The van der Waals surface area contributed by atoms with Crippen LogP contribution in [-0.4, -0.2) is 5.11 Å². The number of nitriles is 1. The minimum atomic E-state index is -0.00671. The average molecular weight is 273 g/mol. The number of aryl methyl sites for hydroxylation is 1. The smallest absolute Gasteiger partial charge is 0.101 e. The normalized spacial score (nSPS) is 9.50. The van der Waals surface area contributed by atoms with Crippen molar-refractivity contribution in [1.29, 1.82) is 5.26 Å². The molecule has 0 saturated carbocycles. The Hall–Kier alpha value is -0.600. The van der Waals surface area contributed by atoms with Crippen LogP contribution in [0.4, 0.5) is 0 Å². The van der Waals surface area contributed by atoms with Crippen molar-refractivity contribution in [3.8, 4) is 6.07 Å². The van der Waals surface area contributed by atoms with E-state index in [-0.39, 0.29) is 6.61 Å². The first-order valence-corrected chi connectivity index (χ1v) is 4.57. The van der Waals surface area contributed by atoms with Gasteiger partial charge in [-0.05, 0) is 40.6 Å². The molecule has 62 valence electrons. The molecule has 3 heteroatoms. The molecule has 0 saturated heterocycles. The quantitative estimate of drug-likeness (QED) is 0.795. The molecule has 0 unspecified atom stereocenters. The van der Waals surface area contributed by atoms with Gasteiger partial charge in [-0.2, -0.15) is 5.26 Å². The fourth-order valence-corrected chi connectivity index (χ4v) is 1.87. The van der Waals surface area contributed by atoms with E-state index in [0.717, 1.165) is 14.7 Å². The van der Waals surface area contributed by atoms with Crippen molar-refractivity contribution in [3.63, 3.8) is 0 Å². The first-order chi connectivity index (χ1) is 5.70. The lowest BCUT2D eigenvalue weighted by molar-refractivity contribution is 0.281. The summed E-state index contributed by atoms with van der Waals surface area (Å²) in [7, 11) is 0. The molecule has 2 nitrogen and oxygen atoms in total. The minimum absolute atomic E-state index is 0.00671. The van der Waals surface area contributed by atoms with Crippen LogP contribution in [0.25, 0.3) is 0 Å². The molecular weight excluding hydrogens is 265 g/mol. The van der Waals surface area contributed by atoms with Gasteiger partial charge in [0.05, 0.1) is 12.2 Å². The zero-order chi connectivity index (χ0) is 9.14. The molecule has 1 aromatic carbocycles. The topological polar surface area (TPSA) is 44.0 Å². The first-order valence-electron chi connectivity index (χ1n) is 3.49. The molecule has 12 heavy (non-hydrogen) atoms. The van der Waals surface area contributed by atoms with Crippen molar-refractivity contribution < 1.29 is 5.11 Å². The molecule has 0 spiro atoms. The van der Waals surface area contributed by atoms with Gasteiger partial charge in [-0.1, -0.05) is 12.1 Å². The van der Waals surface area contributed by atoms with Gasteiger partial charge in [0, 0.05) is 3.57 Å². The van der Waals surface area contributed by atoms with Gasteiger partial charge in [-0.15, -0.1) is 0 Å². The molecule has 1 rings (SSSR count). The molecule has 0 atom stereocenters. The molecule has 0 aliphatic rings. The summed E-state index contributed by atoms with van der Waals surface area (Å²) in [6, 6.07) is 5.82. The molecule has 0 aliphatic heterocycles. The summed E-state index contributed by atoms with van der Waals surface area (Å²) in [4.78, 5) is 0. The highest BCUT2D eigenvalue weighted by Gasteiger charge is 2.06. The van der Waals surface area contributed by atoms with Gasteiger partial charge in [0.15, 0.2) is 0 Å². The predicted molar refractivity (Wildman–Crippen MR) is 54.5 cm³/mol. The van der Waals surface area contributed by atoms with Crippen molar-refractivity contribution in [1.82, 2.24) is 0 Å². The number of halogens is 1. The second-order valence-corrected chi connectivity index (χ2v) is 3.58. The summed E-state index contributed by atoms with van der Waals surface area (Å²) in [6.45, 7) is 1.88.